The van der Waals surface area contributed by atoms with Crippen LogP contribution in [0, 0.1) is 51.2 Å². The van der Waals surface area contributed by atoms with Gasteiger partial charge in [0.1, 0.15) is 0 Å². The molecular formula is C39H63FN2O2S. The Kier molecular flexibility index (Phi) is 8.33. The van der Waals surface area contributed by atoms with Crippen LogP contribution in [-0.4, -0.2) is 63.2 Å². The van der Waals surface area contributed by atoms with Gasteiger partial charge in [-0.25, -0.2) is 8.42 Å². The van der Waals surface area contributed by atoms with Crippen LogP contribution in [0.1, 0.15) is 118 Å². The molecule has 0 aromatic heterocycles. The number of fused-ring (bicyclic) bond motifs is 7. The fourth-order valence-corrected chi connectivity index (χ4v) is 15.0. The summed E-state index contributed by atoms with van der Waals surface area (Å²) in [5, 5.41) is 4.18. The maximum Gasteiger partial charge on any atom is 0.152 e. The van der Waals surface area contributed by atoms with E-state index >= 15 is 0 Å². The third kappa shape index (κ3) is 5.10. The molecule has 9 atom stereocenters. The van der Waals surface area contributed by atoms with Crippen molar-refractivity contribution in [3.8, 4) is 0 Å². The molecule has 0 aromatic carbocycles. The maximum absolute atomic E-state index is 13.4. The highest BCUT2D eigenvalue weighted by molar-refractivity contribution is 7.91. The second kappa shape index (κ2) is 11.4. The number of rotatable bonds is 6. The van der Waals surface area contributed by atoms with E-state index in [4.69, 9.17) is 0 Å². The molecule has 1 aliphatic heterocycles. The molecule has 1 saturated heterocycles. The number of sulfone groups is 1. The van der Waals surface area contributed by atoms with E-state index in [1.165, 1.54) is 64.2 Å². The normalized spacial score (nSPS) is 47.5. The average Bonchev–Trinajstić information content (AvgIpc) is 3.42. The van der Waals surface area contributed by atoms with Crippen LogP contribution < -0.4 is 5.32 Å². The minimum atomic E-state index is -2.82. The van der Waals surface area contributed by atoms with Crippen molar-refractivity contribution in [1.82, 2.24) is 10.2 Å². The predicted molar refractivity (Wildman–Crippen MR) is 184 cm³/mol. The summed E-state index contributed by atoms with van der Waals surface area (Å²) in [7, 11) is -2.82. The maximum atomic E-state index is 13.4. The van der Waals surface area contributed by atoms with Crippen molar-refractivity contribution in [1.29, 1.82) is 0 Å². The number of alkyl halides is 1. The smallest absolute Gasteiger partial charge is 0.152 e. The average molecular weight is 643 g/mol. The van der Waals surface area contributed by atoms with Gasteiger partial charge in [0.15, 0.2) is 9.84 Å². The summed E-state index contributed by atoms with van der Waals surface area (Å²) in [6, 6.07) is 0. The Bertz CT molecular complexity index is 1310. The molecule has 0 amide bonds. The predicted octanol–water partition coefficient (Wildman–Crippen LogP) is 8.15. The first kappa shape index (κ1) is 32.8. The van der Waals surface area contributed by atoms with Crippen LogP contribution in [0.5, 0.6) is 0 Å². The van der Waals surface area contributed by atoms with E-state index in [2.05, 4.69) is 57.0 Å². The first-order chi connectivity index (χ1) is 21.3. The van der Waals surface area contributed by atoms with E-state index in [1.807, 2.05) is 0 Å². The van der Waals surface area contributed by atoms with Crippen molar-refractivity contribution >= 4 is 9.84 Å². The number of nitrogens with zero attached hydrogens (tertiary/aromatic N) is 1. The Morgan fingerprint density at radius 3 is 2.36 bits per heavy atom. The quantitative estimate of drug-likeness (QED) is 0.318. The number of halogens is 1. The van der Waals surface area contributed by atoms with Gasteiger partial charge in [-0.3, -0.25) is 4.39 Å². The Morgan fingerprint density at radius 1 is 0.867 bits per heavy atom. The summed E-state index contributed by atoms with van der Waals surface area (Å²) >= 11 is 0. The molecule has 7 aliphatic rings. The number of hydrogen-bond acceptors (Lipinski definition) is 4. The number of hydrogen-bond donors (Lipinski definition) is 1. The first-order valence-electron chi connectivity index (χ1n) is 18.9. The second-order valence-electron chi connectivity index (χ2n) is 18.3. The van der Waals surface area contributed by atoms with Crippen LogP contribution in [0.15, 0.2) is 23.3 Å². The van der Waals surface area contributed by atoms with Crippen LogP contribution in [-0.2, 0) is 9.84 Å². The fourth-order valence-electron chi connectivity index (χ4n) is 13.7. The molecule has 0 bridgehead atoms. The van der Waals surface area contributed by atoms with Crippen LogP contribution in [0.3, 0.4) is 0 Å². The third-order valence-corrected chi connectivity index (χ3v) is 18.0. The summed E-state index contributed by atoms with van der Waals surface area (Å²) in [6.07, 6.45) is 21.5. The van der Waals surface area contributed by atoms with E-state index in [0.29, 0.717) is 46.8 Å². The number of nitrogens with one attached hydrogen (secondary N) is 1. The summed E-state index contributed by atoms with van der Waals surface area (Å²) in [6.45, 7) is 16.5. The van der Waals surface area contributed by atoms with Crippen LogP contribution in [0.2, 0.25) is 0 Å². The SMILES string of the molecule is CC1(C)C(C2=CCC(CF)CC2)=CCC2(C)C1CCC1(C)C2CCC2C3CCCC3(NCCN3CCS(=O)(=O)CC3)CC[C@]21C. The van der Waals surface area contributed by atoms with Gasteiger partial charge in [0.25, 0.3) is 0 Å². The van der Waals surface area contributed by atoms with E-state index in [9.17, 15) is 12.8 Å². The highest BCUT2D eigenvalue weighted by Crippen LogP contribution is 2.76. The molecule has 45 heavy (non-hydrogen) atoms. The number of allylic oxidation sites excluding steroid dienone is 4. The van der Waals surface area contributed by atoms with Gasteiger partial charge >= 0.3 is 0 Å². The lowest BCUT2D eigenvalue weighted by molar-refractivity contribution is -0.218. The summed E-state index contributed by atoms with van der Waals surface area (Å²) in [5.74, 6) is 3.96. The standard InChI is InChI=1S/C39H63FN2O2S/c1-35(2)30(29-10-8-28(27-40)9-11-29)14-17-36(3)33(35)15-18-38(5)34(36)13-12-31-32-7-6-16-39(32,20-19-37(31,38)4)41-21-22-42-23-25-45(43,44)26-24-42/h10,14,28,31-34,41H,6-9,11-13,15-27H2,1-5H3/t28?,31?,32?,33?,34?,36?,37-,38?,39?/m1/s1. The molecule has 254 valence electrons. The van der Waals surface area contributed by atoms with Gasteiger partial charge in [0, 0.05) is 31.7 Å². The second-order valence-corrected chi connectivity index (χ2v) is 20.6. The van der Waals surface area contributed by atoms with Crippen molar-refractivity contribution in [2.75, 3.05) is 44.4 Å². The molecule has 4 saturated carbocycles. The van der Waals surface area contributed by atoms with Gasteiger partial charge in [0.05, 0.1) is 18.2 Å². The van der Waals surface area contributed by atoms with Gasteiger partial charge in [-0.05, 0) is 139 Å². The van der Waals surface area contributed by atoms with E-state index in [0.717, 1.165) is 50.1 Å². The van der Waals surface area contributed by atoms with E-state index in [1.54, 1.807) is 11.1 Å². The molecule has 1 heterocycles. The lowest BCUT2D eigenvalue weighted by Crippen LogP contribution is -2.67. The molecule has 8 unspecified atom stereocenters. The van der Waals surface area contributed by atoms with Crippen LogP contribution in [0.25, 0.3) is 0 Å². The summed E-state index contributed by atoms with van der Waals surface area (Å²) in [5.41, 5.74) is 4.73. The van der Waals surface area contributed by atoms with Gasteiger partial charge in [0.2, 0.25) is 0 Å². The van der Waals surface area contributed by atoms with Crippen molar-refractivity contribution < 1.29 is 12.8 Å². The van der Waals surface area contributed by atoms with Crippen LogP contribution in [0.4, 0.5) is 4.39 Å². The Balaban J connectivity index is 1.09. The Labute approximate surface area is 274 Å². The van der Waals surface area contributed by atoms with Gasteiger partial charge < -0.3 is 10.2 Å². The molecule has 5 fully saturated rings. The monoisotopic (exact) mass is 642 g/mol. The van der Waals surface area contributed by atoms with Crippen molar-refractivity contribution in [3.05, 3.63) is 23.3 Å². The summed E-state index contributed by atoms with van der Waals surface area (Å²) < 4.78 is 37.2. The lowest BCUT2D eigenvalue weighted by Gasteiger charge is -2.72. The molecule has 6 heteroatoms. The van der Waals surface area contributed by atoms with Gasteiger partial charge in [-0.2, -0.15) is 0 Å². The Hall–Kier alpha value is -0.720. The minimum absolute atomic E-state index is 0.169. The molecule has 6 aliphatic carbocycles. The molecule has 0 aromatic rings. The zero-order valence-corrected chi connectivity index (χ0v) is 30.1. The zero-order chi connectivity index (χ0) is 31.9. The van der Waals surface area contributed by atoms with Crippen molar-refractivity contribution in [2.45, 2.75) is 124 Å². The molecule has 0 radical (unpaired) electrons. The summed E-state index contributed by atoms with van der Waals surface area (Å²) in [4.78, 5) is 2.37. The van der Waals surface area contributed by atoms with E-state index < -0.39 is 9.84 Å². The van der Waals surface area contributed by atoms with Crippen molar-refractivity contribution in [2.24, 2.45) is 51.2 Å². The third-order valence-electron chi connectivity index (χ3n) is 16.4. The first-order valence-corrected chi connectivity index (χ1v) is 20.7. The largest absolute Gasteiger partial charge is 0.310 e. The van der Waals surface area contributed by atoms with Gasteiger partial charge in [-0.1, -0.05) is 53.2 Å². The van der Waals surface area contributed by atoms with Crippen LogP contribution >= 0.6 is 0 Å². The molecule has 0 spiro atoms. The highest BCUT2D eigenvalue weighted by Gasteiger charge is 2.69. The van der Waals surface area contributed by atoms with Gasteiger partial charge in [-0.15, -0.1) is 0 Å². The molecule has 1 N–H and O–H groups in total. The highest BCUT2D eigenvalue weighted by atomic mass is 32.2. The fraction of sp³-hybridized carbons (Fsp3) is 0.897. The zero-order valence-electron chi connectivity index (χ0n) is 29.2. The van der Waals surface area contributed by atoms with E-state index in [-0.39, 0.29) is 23.5 Å². The lowest BCUT2D eigenvalue weighted by atomic mass is 9.33. The topological polar surface area (TPSA) is 49.4 Å². The van der Waals surface area contributed by atoms with Crippen molar-refractivity contribution in [3.63, 3.8) is 0 Å². The molecule has 7 rings (SSSR count). The Morgan fingerprint density at radius 2 is 1.64 bits per heavy atom. The minimum Gasteiger partial charge on any atom is -0.310 e. The molecular weight excluding hydrogens is 580 g/mol. The molecule has 4 nitrogen and oxygen atoms in total.